The van der Waals surface area contributed by atoms with Gasteiger partial charge in [0.2, 0.25) is 0 Å². The Balaban J connectivity index is 3.51. The number of benzene rings is 1. The molecule has 2 nitrogen and oxygen atoms in total. The minimum absolute atomic E-state index is 0.285. The van der Waals surface area contributed by atoms with E-state index in [1.165, 1.54) is 6.07 Å². The molecule has 1 aromatic rings. The second-order valence-corrected chi connectivity index (χ2v) is 10.3. The van der Waals surface area contributed by atoms with Crippen LogP contribution in [0.1, 0.15) is 15.9 Å². The number of hydrogen-bond donors (Lipinski definition) is 1. The second kappa shape index (κ2) is 5.05. The van der Waals surface area contributed by atoms with Crippen molar-refractivity contribution in [2.24, 2.45) is 0 Å². The summed E-state index contributed by atoms with van der Waals surface area (Å²) in [6.07, 6.45) is -5.13. The molecule has 1 N–H and O–H groups in total. The third kappa shape index (κ3) is 3.41. The van der Waals surface area contributed by atoms with E-state index in [1.807, 2.05) is 19.6 Å². The van der Waals surface area contributed by atoms with Crippen LogP contribution in [0.4, 0.5) is 17.6 Å². The van der Waals surface area contributed by atoms with E-state index in [4.69, 9.17) is 5.11 Å². The lowest BCUT2D eigenvalue weighted by Gasteiger charge is -2.20. The molecule has 1 rings (SSSR count). The molecular weight excluding hydrogens is 280 g/mol. The molecule has 0 saturated heterocycles. The molecule has 19 heavy (non-hydrogen) atoms. The number of aliphatic hydroxyl groups excluding tert-OH is 1. The van der Waals surface area contributed by atoms with E-state index in [9.17, 15) is 22.4 Å². The zero-order valence-corrected chi connectivity index (χ0v) is 11.7. The largest absolute Gasteiger partial charge is 0.454 e. The Morgan fingerprint density at radius 2 is 1.79 bits per heavy atom. The number of alkyl halides is 3. The first-order valence-corrected chi connectivity index (χ1v) is 9.03. The fourth-order valence-corrected chi connectivity index (χ4v) is 2.74. The van der Waals surface area contributed by atoms with E-state index in [-0.39, 0.29) is 5.56 Å². The van der Waals surface area contributed by atoms with E-state index < -0.39 is 38.0 Å². The van der Waals surface area contributed by atoms with Crippen molar-refractivity contribution in [1.29, 1.82) is 0 Å². The Bertz CT molecular complexity index is 504. The zero-order valence-electron chi connectivity index (χ0n) is 10.7. The number of carbonyl (C=O) groups excluding carboxylic acids is 1. The van der Waals surface area contributed by atoms with Crippen molar-refractivity contribution in [2.45, 2.75) is 32.4 Å². The predicted molar refractivity (Wildman–Crippen MR) is 65.7 cm³/mol. The van der Waals surface area contributed by atoms with Crippen LogP contribution in [0.3, 0.4) is 0 Å². The molecule has 1 aromatic carbocycles. The predicted octanol–water partition coefficient (Wildman–Crippen LogP) is 2.61. The van der Waals surface area contributed by atoms with Crippen molar-refractivity contribution >= 4 is 19.0 Å². The van der Waals surface area contributed by atoms with Crippen LogP contribution < -0.4 is 5.19 Å². The van der Waals surface area contributed by atoms with Crippen LogP contribution in [0.25, 0.3) is 0 Å². The van der Waals surface area contributed by atoms with Gasteiger partial charge in [0.15, 0.2) is 0 Å². The summed E-state index contributed by atoms with van der Waals surface area (Å²) in [5, 5.41) is 9.49. The standard InChI is InChI=1S/C12H14F4O2Si/c1-19(2,3)8-4-7(6-17)10(13)9(5-8)11(18)12(14,15)16/h4-5,17H,6H2,1-3H3. The molecule has 0 spiro atoms. The minimum atomic E-state index is -5.13. The fraction of sp³-hybridized carbons (Fsp3) is 0.417. The highest BCUT2D eigenvalue weighted by Crippen LogP contribution is 2.24. The smallest absolute Gasteiger partial charge is 0.392 e. The monoisotopic (exact) mass is 294 g/mol. The number of rotatable bonds is 3. The number of aliphatic hydroxyl groups is 1. The molecule has 0 heterocycles. The normalized spacial score (nSPS) is 12.6. The Morgan fingerprint density at radius 1 is 1.26 bits per heavy atom. The maximum Gasteiger partial charge on any atom is 0.454 e. The third-order valence-electron chi connectivity index (χ3n) is 2.69. The SMILES string of the molecule is C[Si](C)(C)c1cc(CO)c(F)c(C(=O)C(F)(F)F)c1. The quantitative estimate of drug-likeness (QED) is 0.528. The second-order valence-electron chi connectivity index (χ2n) is 5.23. The van der Waals surface area contributed by atoms with E-state index in [0.717, 1.165) is 6.07 Å². The topological polar surface area (TPSA) is 37.3 Å². The van der Waals surface area contributed by atoms with Crippen LogP contribution in [-0.2, 0) is 6.61 Å². The third-order valence-corrected chi connectivity index (χ3v) is 4.71. The van der Waals surface area contributed by atoms with E-state index in [1.54, 1.807) is 0 Å². The first-order chi connectivity index (χ1) is 8.48. The lowest BCUT2D eigenvalue weighted by Crippen LogP contribution is -2.39. The van der Waals surface area contributed by atoms with Crippen molar-refractivity contribution < 1.29 is 27.5 Å². The van der Waals surface area contributed by atoms with Gasteiger partial charge in [0, 0.05) is 5.56 Å². The van der Waals surface area contributed by atoms with Gasteiger partial charge in [0.25, 0.3) is 5.78 Å². The molecule has 0 aliphatic heterocycles. The summed E-state index contributed by atoms with van der Waals surface area (Å²) in [6, 6.07) is 2.28. The highest BCUT2D eigenvalue weighted by molar-refractivity contribution is 6.88. The zero-order chi connectivity index (χ0) is 15.0. The summed E-state index contributed by atoms with van der Waals surface area (Å²) >= 11 is 0. The highest BCUT2D eigenvalue weighted by atomic mass is 28.3. The molecule has 0 aliphatic rings. The molecule has 0 fully saturated rings. The lowest BCUT2D eigenvalue weighted by atomic mass is 10.1. The summed E-state index contributed by atoms with van der Waals surface area (Å²) in [7, 11) is -2.04. The molecule has 0 aliphatic carbocycles. The van der Waals surface area contributed by atoms with Crippen molar-refractivity contribution in [1.82, 2.24) is 0 Å². The molecule has 0 amide bonds. The Labute approximate surface area is 109 Å². The first kappa shape index (κ1) is 15.8. The van der Waals surface area contributed by atoms with E-state index >= 15 is 0 Å². The van der Waals surface area contributed by atoms with E-state index in [0.29, 0.717) is 5.19 Å². The first-order valence-electron chi connectivity index (χ1n) is 5.53. The van der Waals surface area contributed by atoms with Gasteiger partial charge in [-0.15, -0.1) is 0 Å². The summed E-state index contributed by atoms with van der Waals surface area (Å²) in [5.74, 6) is -3.52. The van der Waals surface area contributed by atoms with Crippen LogP contribution in [-0.4, -0.2) is 25.1 Å². The number of halogens is 4. The van der Waals surface area contributed by atoms with Gasteiger partial charge in [-0.1, -0.05) is 30.9 Å². The van der Waals surface area contributed by atoms with Crippen molar-refractivity contribution in [3.8, 4) is 0 Å². The molecule has 0 unspecified atom stereocenters. The molecule has 0 aromatic heterocycles. The molecule has 0 bridgehead atoms. The van der Waals surface area contributed by atoms with Crippen LogP contribution in [0, 0.1) is 5.82 Å². The number of hydrogen-bond acceptors (Lipinski definition) is 2. The molecule has 7 heteroatoms. The van der Waals surface area contributed by atoms with Crippen LogP contribution >= 0.6 is 0 Å². The van der Waals surface area contributed by atoms with Gasteiger partial charge in [-0.3, -0.25) is 4.79 Å². The Morgan fingerprint density at radius 3 is 2.16 bits per heavy atom. The van der Waals surface area contributed by atoms with Gasteiger partial charge in [-0.05, 0) is 6.07 Å². The lowest BCUT2D eigenvalue weighted by molar-refractivity contribution is -0.0887. The van der Waals surface area contributed by atoms with Crippen LogP contribution in [0.15, 0.2) is 12.1 Å². The van der Waals surface area contributed by atoms with Crippen molar-refractivity contribution in [2.75, 3.05) is 0 Å². The van der Waals surface area contributed by atoms with Crippen molar-refractivity contribution in [3.05, 3.63) is 29.1 Å². The van der Waals surface area contributed by atoms with Gasteiger partial charge >= 0.3 is 6.18 Å². The average Bonchev–Trinajstić information content (AvgIpc) is 2.25. The molecular formula is C12H14F4O2Si. The number of carbonyl (C=O) groups is 1. The number of Topliss-reactive ketones (excluding diaryl/α,β-unsaturated/α-hetero) is 1. The van der Waals surface area contributed by atoms with Gasteiger partial charge in [-0.25, -0.2) is 4.39 Å². The minimum Gasteiger partial charge on any atom is -0.392 e. The average molecular weight is 294 g/mol. The summed E-state index contributed by atoms with van der Waals surface area (Å²) in [5.41, 5.74) is -1.30. The van der Waals surface area contributed by atoms with Gasteiger partial charge in [0.1, 0.15) is 5.82 Å². The molecule has 106 valence electrons. The number of ketones is 1. The van der Waals surface area contributed by atoms with Gasteiger partial charge < -0.3 is 5.11 Å². The summed E-state index contributed by atoms with van der Waals surface area (Å²) in [6.45, 7) is 4.80. The Kier molecular flexibility index (Phi) is 4.21. The fourth-order valence-electron chi connectivity index (χ4n) is 1.55. The Hall–Kier alpha value is -1.21. The summed E-state index contributed by atoms with van der Waals surface area (Å²) < 4.78 is 51.0. The van der Waals surface area contributed by atoms with Gasteiger partial charge in [-0.2, -0.15) is 13.2 Å². The molecule has 0 saturated carbocycles. The highest BCUT2D eigenvalue weighted by Gasteiger charge is 2.41. The van der Waals surface area contributed by atoms with Crippen LogP contribution in [0.5, 0.6) is 0 Å². The summed E-state index contributed by atoms with van der Waals surface area (Å²) in [4.78, 5) is 11.2. The molecule has 0 radical (unpaired) electrons. The van der Waals surface area contributed by atoms with Crippen molar-refractivity contribution in [3.63, 3.8) is 0 Å². The van der Waals surface area contributed by atoms with E-state index in [2.05, 4.69) is 0 Å². The van der Waals surface area contributed by atoms with Crippen LogP contribution in [0.2, 0.25) is 19.6 Å². The molecule has 0 atom stereocenters. The van der Waals surface area contributed by atoms with Gasteiger partial charge in [0.05, 0.1) is 20.2 Å². The maximum atomic E-state index is 13.8. The maximum absolute atomic E-state index is 13.8.